The SMILES string of the molecule is CC[C@H](CO)NC(=O)COc1ccc2c(c1)CCC2. The second kappa shape index (κ2) is 6.57. The molecule has 0 spiro atoms. The standard InChI is InChI=1S/C15H21NO3/c1-2-13(9-17)16-15(18)10-19-14-7-6-11-4-3-5-12(11)8-14/h6-8,13,17H,2-5,9-10H2,1H3,(H,16,18)/t13-/m1/s1. The second-order valence-electron chi connectivity index (χ2n) is 4.93. The van der Waals surface area contributed by atoms with E-state index in [-0.39, 0.29) is 25.2 Å². The van der Waals surface area contributed by atoms with E-state index in [1.54, 1.807) is 0 Å². The minimum Gasteiger partial charge on any atom is -0.484 e. The van der Waals surface area contributed by atoms with Crippen LogP contribution >= 0.6 is 0 Å². The molecule has 0 saturated heterocycles. The van der Waals surface area contributed by atoms with E-state index in [0.717, 1.165) is 18.6 Å². The molecular weight excluding hydrogens is 242 g/mol. The van der Waals surface area contributed by atoms with Gasteiger partial charge in [-0.2, -0.15) is 0 Å². The molecule has 104 valence electrons. The van der Waals surface area contributed by atoms with Crippen LogP contribution in [-0.4, -0.2) is 30.3 Å². The average Bonchev–Trinajstić information content (AvgIpc) is 2.89. The van der Waals surface area contributed by atoms with E-state index in [1.165, 1.54) is 17.5 Å². The van der Waals surface area contributed by atoms with Crippen molar-refractivity contribution in [2.75, 3.05) is 13.2 Å². The summed E-state index contributed by atoms with van der Waals surface area (Å²) >= 11 is 0. The highest BCUT2D eigenvalue weighted by Crippen LogP contribution is 2.25. The lowest BCUT2D eigenvalue weighted by Gasteiger charge is -2.14. The number of nitrogens with one attached hydrogen (secondary N) is 1. The first-order valence-electron chi connectivity index (χ1n) is 6.87. The van der Waals surface area contributed by atoms with Crippen molar-refractivity contribution in [2.24, 2.45) is 0 Å². The van der Waals surface area contributed by atoms with Crippen molar-refractivity contribution < 1.29 is 14.6 Å². The summed E-state index contributed by atoms with van der Waals surface area (Å²) in [6.45, 7) is 1.87. The van der Waals surface area contributed by atoms with Gasteiger partial charge in [-0.05, 0) is 48.9 Å². The van der Waals surface area contributed by atoms with Crippen molar-refractivity contribution in [1.82, 2.24) is 5.32 Å². The minimum atomic E-state index is -0.193. The first-order chi connectivity index (χ1) is 9.22. The first kappa shape index (κ1) is 13.9. The topological polar surface area (TPSA) is 58.6 Å². The Balaban J connectivity index is 1.83. The number of rotatable bonds is 6. The minimum absolute atomic E-state index is 0.00468. The van der Waals surface area contributed by atoms with Crippen LogP contribution in [0.15, 0.2) is 18.2 Å². The fourth-order valence-corrected chi connectivity index (χ4v) is 2.33. The van der Waals surface area contributed by atoms with Gasteiger partial charge in [0.25, 0.3) is 5.91 Å². The van der Waals surface area contributed by atoms with Gasteiger partial charge >= 0.3 is 0 Å². The van der Waals surface area contributed by atoms with E-state index in [9.17, 15) is 4.79 Å². The van der Waals surface area contributed by atoms with Crippen molar-refractivity contribution in [3.05, 3.63) is 29.3 Å². The zero-order valence-electron chi connectivity index (χ0n) is 11.3. The van der Waals surface area contributed by atoms with Gasteiger partial charge in [-0.15, -0.1) is 0 Å². The number of benzene rings is 1. The van der Waals surface area contributed by atoms with Crippen LogP contribution in [0.1, 0.15) is 30.9 Å². The Hall–Kier alpha value is -1.55. The summed E-state index contributed by atoms with van der Waals surface area (Å²) in [4.78, 5) is 11.6. The van der Waals surface area contributed by atoms with Crippen molar-refractivity contribution in [3.63, 3.8) is 0 Å². The Bertz CT molecular complexity index is 441. The van der Waals surface area contributed by atoms with Crippen LogP contribution in [0.5, 0.6) is 5.75 Å². The molecule has 0 unspecified atom stereocenters. The molecule has 2 N–H and O–H groups in total. The maximum absolute atomic E-state index is 11.6. The molecule has 1 atom stereocenters. The molecule has 0 aromatic heterocycles. The quantitative estimate of drug-likeness (QED) is 0.816. The van der Waals surface area contributed by atoms with Crippen LogP contribution in [0.25, 0.3) is 0 Å². The zero-order valence-corrected chi connectivity index (χ0v) is 11.3. The maximum Gasteiger partial charge on any atom is 0.258 e. The molecule has 1 amide bonds. The number of fused-ring (bicyclic) bond motifs is 1. The van der Waals surface area contributed by atoms with Crippen LogP contribution in [0.2, 0.25) is 0 Å². The van der Waals surface area contributed by atoms with E-state index >= 15 is 0 Å². The van der Waals surface area contributed by atoms with E-state index in [1.807, 2.05) is 19.1 Å². The molecule has 0 bridgehead atoms. The molecule has 1 aliphatic carbocycles. The summed E-state index contributed by atoms with van der Waals surface area (Å²) in [5, 5.41) is 11.7. The number of aryl methyl sites for hydroxylation is 2. The third-order valence-electron chi connectivity index (χ3n) is 3.52. The molecule has 0 saturated carbocycles. The molecule has 4 heteroatoms. The van der Waals surface area contributed by atoms with Gasteiger partial charge in [-0.1, -0.05) is 13.0 Å². The van der Waals surface area contributed by atoms with Gasteiger partial charge in [0.1, 0.15) is 5.75 Å². The summed E-state index contributed by atoms with van der Waals surface area (Å²) in [6.07, 6.45) is 4.15. The number of aliphatic hydroxyl groups excluding tert-OH is 1. The highest BCUT2D eigenvalue weighted by molar-refractivity contribution is 5.77. The van der Waals surface area contributed by atoms with E-state index in [0.29, 0.717) is 6.42 Å². The van der Waals surface area contributed by atoms with E-state index < -0.39 is 0 Å². The number of hydrogen-bond acceptors (Lipinski definition) is 3. The Labute approximate surface area is 113 Å². The van der Waals surface area contributed by atoms with Gasteiger partial charge in [0.05, 0.1) is 12.6 Å². The summed E-state index contributed by atoms with van der Waals surface area (Å²) < 4.78 is 5.49. The fourth-order valence-electron chi connectivity index (χ4n) is 2.33. The van der Waals surface area contributed by atoms with Crippen LogP contribution in [-0.2, 0) is 17.6 Å². The van der Waals surface area contributed by atoms with Crippen molar-refractivity contribution in [2.45, 2.75) is 38.6 Å². The molecule has 0 fully saturated rings. The highest BCUT2D eigenvalue weighted by Gasteiger charge is 2.13. The van der Waals surface area contributed by atoms with Crippen LogP contribution in [0.4, 0.5) is 0 Å². The van der Waals surface area contributed by atoms with Crippen molar-refractivity contribution >= 4 is 5.91 Å². The van der Waals surface area contributed by atoms with Gasteiger partial charge in [-0.25, -0.2) is 0 Å². The lowest BCUT2D eigenvalue weighted by molar-refractivity contribution is -0.124. The van der Waals surface area contributed by atoms with Crippen LogP contribution in [0.3, 0.4) is 0 Å². The largest absolute Gasteiger partial charge is 0.484 e. The molecule has 1 aromatic rings. The highest BCUT2D eigenvalue weighted by atomic mass is 16.5. The number of ether oxygens (including phenoxy) is 1. The van der Waals surface area contributed by atoms with Gasteiger partial charge in [0.2, 0.25) is 0 Å². The lowest BCUT2D eigenvalue weighted by atomic mass is 10.1. The Morgan fingerprint density at radius 1 is 1.42 bits per heavy atom. The third kappa shape index (κ3) is 3.70. The van der Waals surface area contributed by atoms with Gasteiger partial charge in [0.15, 0.2) is 6.61 Å². The van der Waals surface area contributed by atoms with Gasteiger partial charge < -0.3 is 15.2 Å². The fraction of sp³-hybridized carbons (Fsp3) is 0.533. The number of carbonyl (C=O) groups excluding carboxylic acids is 1. The molecule has 0 radical (unpaired) electrons. The second-order valence-corrected chi connectivity index (χ2v) is 4.93. The normalized spacial score (nSPS) is 14.8. The molecule has 19 heavy (non-hydrogen) atoms. The molecule has 1 aliphatic rings. The molecule has 0 heterocycles. The van der Waals surface area contributed by atoms with Gasteiger partial charge in [0, 0.05) is 0 Å². The molecule has 1 aromatic carbocycles. The van der Waals surface area contributed by atoms with Crippen LogP contribution < -0.4 is 10.1 Å². The van der Waals surface area contributed by atoms with Gasteiger partial charge in [-0.3, -0.25) is 4.79 Å². The zero-order chi connectivity index (χ0) is 13.7. The Kier molecular flexibility index (Phi) is 4.80. The molecule has 4 nitrogen and oxygen atoms in total. The summed E-state index contributed by atoms with van der Waals surface area (Å²) in [5.41, 5.74) is 2.72. The van der Waals surface area contributed by atoms with Crippen molar-refractivity contribution in [3.8, 4) is 5.75 Å². The number of amides is 1. The van der Waals surface area contributed by atoms with E-state index in [2.05, 4.69) is 11.4 Å². The number of aliphatic hydroxyl groups is 1. The summed E-state index contributed by atoms with van der Waals surface area (Å²) in [6, 6.07) is 5.84. The first-order valence-corrected chi connectivity index (χ1v) is 6.87. The number of carbonyl (C=O) groups is 1. The van der Waals surface area contributed by atoms with Crippen molar-refractivity contribution in [1.29, 1.82) is 0 Å². The lowest BCUT2D eigenvalue weighted by Crippen LogP contribution is -2.39. The predicted octanol–water partition coefficient (Wildman–Crippen LogP) is 1.44. The maximum atomic E-state index is 11.6. The monoisotopic (exact) mass is 263 g/mol. The average molecular weight is 263 g/mol. The smallest absolute Gasteiger partial charge is 0.258 e. The van der Waals surface area contributed by atoms with Crippen LogP contribution in [0, 0.1) is 0 Å². The molecular formula is C15H21NO3. The van der Waals surface area contributed by atoms with E-state index in [4.69, 9.17) is 9.84 Å². The summed E-state index contributed by atoms with van der Waals surface area (Å²) in [5.74, 6) is 0.550. The molecule has 0 aliphatic heterocycles. The molecule has 2 rings (SSSR count). The Morgan fingerprint density at radius 3 is 2.95 bits per heavy atom. The predicted molar refractivity (Wildman–Crippen MR) is 73.3 cm³/mol. The number of hydrogen-bond donors (Lipinski definition) is 2. The Morgan fingerprint density at radius 2 is 2.21 bits per heavy atom. The summed E-state index contributed by atoms with van der Waals surface area (Å²) in [7, 11) is 0. The third-order valence-corrected chi connectivity index (χ3v) is 3.52.